The molecule has 13 heteroatoms. The summed E-state index contributed by atoms with van der Waals surface area (Å²) in [4.78, 5) is 83.0. The van der Waals surface area contributed by atoms with Crippen LogP contribution in [0, 0.1) is 0 Å². The maximum Gasteiger partial charge on any atom is 0.349 e. The summed E-state index contributed by atoms with van der Waals surface area (Å²) in [5, 5.41) is 5.95. The van der Waals surface area contributed by atoms with Crippen LogP contribution in [0.1, 0.15) is 38.5 Å². The number of hydrogen-bond acceptors (Lipinski definition) is 10. The Hall–Kier alpha value is -3.45. The van der Waals surface area contributed by atoms with E-state index in [4.69, 9.17) is 10.6 Å². The standard InChI is InChI=1S/C13H22N4O5.C7H7NO3/c1-15-9(4-2-3-7-16-10(18)8-14)13(21)22-17-11(19)5-6-12(17)20;9-5-1-4-8-6(10)2-3-7(8)11/h9,15H,2-8,14H2,1H3,(H,16,18);2-3,5H,1,4H2. The molecule has 0 aromatic carbocycles. The Morgan fingerprint density at radius 1 is 1.12 bits per heavy atom. The Bertz CT molecular complexity index is 763. The molecule has 2 rings (SSSR count). The number of nitrogens with one attached hydrogen (secondary N) is 2. The Labute approximate surface area is 190 Å². The average Bonchev–Trinajstić information content (AvgIpc) is 3.29. The number of rotatable bonds is 12. The number of likely N-dealkylation sites (N-methyl/N-ethyl adjacent to an activating group) is 1. The number of imide groups is 2. The second-order valence-corrected chi connectivity index (χ2v) is 7.00. The normalized spacial score (nSPS) is 15.9. The summed E-state index contributed by atoms with van der Waals surface area (Å²) in [5.41, 5.74) is 5.15. The fraction of sp³-hybridized carbons (Fsp3) is 0.550. The molecule has 1 unspecified atom stereocenters. The Morgan fingerprint density at radius 2 is 1.73 bits per heavy atom. The fourth-order valence-corrected chi connectivity index (χ4v) is 2.80. The number of carbonyl (C=O) groups is 7. The minimum atomic E-state index is -0.669. The number of unbranched alkanes of at least 4 members (excludes halogenated alkanes) is 1. The predicted octanol–water partition coefficient (Wildman–Crippen LogP) is -2.07. The number of carbonyl (C=O) groups excluding carboxylic acids is 7. The average molecular weight is 467 g/mol. The Balaban J connectivity index is 0.000000412. The molecule has 0 bridgehead atoms. The molecule has 0 saturated carbocycles. The SMILES string of the molecule is CNC(CCCCNC(=O)CN)C(=O)ON1C(=O)CCC1=O.O=CCCN1C(=O)C=CC1=O. The third-order valence-corrected chi connectivity index (χ3v) is 4.62. The molecule has 0 aromatic heterocycles. The molecule has 13 nitrogen and oxygen atoms in total. The van der Waals surface area contributed by atoms with E-state index in [1.807, 2.05) is 0 Å². The highest BCUT2D eigenvalue weighted by Crippen LogP contribution is 2.13. The summed E-state index contributed by atoms with van der Waals surface area (Å²) in [6.07, 6.45) is 5.23. The molecule has 2 heterocycles. The summed E-state index contributed by atoms with van der Waals surface area (Å²) in [5.74, 6) is -2.57. The maximum absolute atomic E-state index is 11.9. The van der Waals surface area contributed by atoms with E-state index in [-0.39, 0.29) is 50.1 Å². The quantitative estimate of drug-likeness (QED) is 0.163. The minimum Gasteiger partial charge on any atom is -0.355 e. The number of hydrogen-bond donors (Lipinski definition) is 3. The summed E-state index contributed by atoms with van der Waals surface area (Å²) in [7, 11) is 1.59. The lowest BCUT2D eigenvalue weighted by Crippen LogP contribution is -2.41. The molecule has 0 spiro atoms. The summed E-state index contributed by atoms with van der Waals surface area (Å²) in [6, 6.07) is -0.619. The van der Waals surface area contributed by atoms with Crippen LogP contribution in [0.25, 0.3) is 0 Å². The van der Waals surface area contributed by atoms with E-state index >= 15 is 0 Å². The Morgan fingerprint density at radius 3 is 2.24 bits per heavy atom. The summed E-state index contributed by atoms with van der Waals surface area (Å²) < 4.78 is 0. The highest BCUT2D eigenvalue weighted by Gasteiger charge is 2.34. The fourth-order valence-electron chi connectivity index (χ4n) is 2.80. The van der Waals surface area contributed by atoms with Crippen LogP contribution in [0.4, 0.5) is 0 Å². The van der Waals surface area contributed by atoms with Crippen molar-refractivity contribution in [2.75, 3.05) is 26.7 Å². The van der Waals surface area contributed by atoms with Gasteiger partial charge in [-0.25, -0.2) is 4.79 Å². The van der Waals surface area contributed by atoms with E-state index in [0.29, 0.717) is 37.2 Å². The molecule has 182 valence electrons. The van der Waals surface area contributed by atoms with Gasteiger partial charge in [-0.3, -0.25) is 28.9 Å². The molecule has 1 fully saturated rings. The third-order valence-electron chi connectivity index (χ3n) is 4.62. The molecule has 0 radical (unpaired) electrons. The molecule has 5 amide bonds. The second kappa shape index (κ2) is 14.6. The molecule has 33 heavy (non-hydrogen) atoms. The van der Waals surface area contributed by atoms with Gasteiger partial charge in [-0.05, 0) is 26.3 Å². The monoisotopic (exact) mass is 467 g/mol. The highest BCUT2D eigenvalue weighted by atomic mass is 16.7. The van der Waals surface area contributed by atoms with Crippen molar-refractivity contribution < 1.29 is 38.4 Å². The van der Waals surface area contributed by atoms with Crippen LogP contribution in [0.5, 0.6) is 0 Å². The van der Waals surface area contributed by atoms with Crippen LogP contribution in [0.3, 0.4) is 0 Å². The number of nitrogens with two attached hydrogens (primary N) is 1. The number of aldehydes is 1. The van der Waals surface area contributed by atoms with E-state index in [2.05, 4.69) is 10.6 Å². The maximum atomic E-state index is 11.9. The van der Waals surface area contributed by atoms with E-state index in [1.54, 1.807) is 7.05 Å². The van der Waals surface area contributed by atoms with Gasteiger partial charge in [-0.2, -0.15) is 0 Å². The highest BCUT2D eigenvalue weighted by molar-refractivity contribution is 6.12. The van der Waals surface area contributed by atoms with Gasteiger partial charge in [0.25, 0.3) is 23.6 Å². The lowest BCUT2D eigenvalue weighted by atomic mass is 10.1. The molecule has 1 saturated heterocycles. The van der Waals surface area contributed by atoms with Crippen LogP contribution in [0.2, 0.25) is 0 Å². The Kier molecular flexibility index (Phi) is 12.2. The minimum absolute atomic E-state index is 0.0522. The zero-order chi connectivity index (χ0) is 24.8. The van der Waals surface area contributed by atoms with Crippen molar-refractivity contribution in [3.8, 4) is 0 Å². The van der Waals surface area contributed by atoms with E-state index < -0.39 is 23.8 Å². The van der Waals surface area contributed by atoms with Gasteiger partial charge in [-0.15, -0.1) is 5.06 Å². The van der Waals surface area contributed by atoms with Crippen molar-refractivity contribution in [3.05, 3.63) is 12.2 Å². The first kappa shape index (κ1) is 27.6. The number of hydroxylamine groups is 2. The molecular weight excluding hydrogens is 438 g/mol. The molecular formula is C20H29N5O8. The van der Waals surface area contributed by atoms with Crippen LogP contribution in [-0.4, -0.2) is 84.5 Å². The van der Waals surface area contributed by atoms with Crippen molar-refractivity contribution >= 4 is 41.8 Å². The first-order valence-electron chi connectivity index (χ1n) is 10.4. The zero-order valence-electron chi connectivity index (χ0n) is 18.4. The smallest absolute Gasteiger partial charge is 0.349 e. The topological polar surface area (TPSA) is 185 Å². The van der Waals surface area contributed by atoms with Gasteiger partial charge in [0, 0.05) is 44.5 Å². The summed E-state index contributed by atoms with van der Waals surface area (Å²) >= 11 is 0. The molecule has 1 atom stereocenters. The van der Waals surface area contributed by atoms with Gasteiger partial charge in [0.1, 0.15) is 12.3 Å². The van der Waals surface area contributed by atoms with E-state index in [1.165, 1.54) is 12.2 Å². The molecule has 0 aromatic rings. The van der Waals surface area contributed by atoms with Crippen LogP contribution >= 0.6 is 0 Å². The number of amides is 5. The predicted molar refractivity (Wildman–Crippen MR) is 112 cm³/mol. The lowest BCUT2D eigenvalue weighted by molar-refractivity contribution is -0.199. The van der Waals surface area contributed by atoms with Gasteiger partial charge < -0.3 is 26.0 Å². The third kappa shape index (κ3) is 9.29. The van der Waals surface area contributed by atoms with Crippen LogP contribution in [0.15, 0.2) is 12.2 Å². The molecule has 2 aliphatic heterocycles. The van der Waals surface area contributed by atoms with E-state index in [9.17, 15) is 33.6 Å². The molecule has 4 N–H and O–H groups in total. The van der Waals surface area contributed by atoms with E-state index in [0.717, 1.165) is 4.90 Å². The largest absolute Gasteiger partial charge is 0.355 e. The first-order valence-corrected chi connectivity index (χ1v) is 10.4. The van der Waals surface area contributed by atoms with Crippen molar-refractivity contribution in [3.63, 3.8) is 0 Å². The van der Waals surface area contributed by atoms with Crippen LogP contribution in [-0.2, 0) is 38.4 Å². The molecule has 2 aliphatic rings. The zero-order valence-corrected chi connectivity index (χ0v) is 18.4. The van der Waals surface area contributed by atoms with Gasteiger partial charge in [0.15, 0.2) is 0 Å². The molecule has 0 aliphatic carbocycles. The summed E-state index contributed by atoms with van der Waals surface area (Å²) in [6.45, 7) is 0.613. The van der Waals surface area contributed by atoms with Crippen molar-refractivity contribution in [2.24, 2.45) is 5.73 Å². The second-order valence-electron chi connectivity index (χ2n) is 7.00. The van der Waals surface area contributed by atoms with Crippen molar-refractivity contribution in [1.29, 1.82) is 0 Å². The van der Waals surface area contributed by atoms with Gasteiger partial charge in [0.2, 0.25) is 5.91 Å². The van der Waals surface area contributed by atoms with Gasteiger partial charge in [-0.1, -0.05) is 0 Å². The van der Waals surface area contributed by atoms with Gasteiger partial charge >= 0.3 is 5.97 Å². The van der Waals surface area contributed by atoms with Crippen LogP contribution < -0.4 is 16.4 Å². The lowest BCUT2D eigenvalue weighted by Gasteiger charge is -2.18. The number of nitrogens with zero attached hydrogens (tertiary/aromatic N) is 2. The van der Waals surface area contributed by atoms with Crippen molar-refractivity contribution in [2.45, 2.75) is 44.6 Å². The van der Waals surface area contributed by atoms with Crippen molar-refractivity contribution in [1.82, 2.24) is 20.6 Å². The van der Waals surface area contributed by atoms with Gasteiger partial charge in [0.05, 0.1) is 6.54 Å². The first-order chi connectivity index (χ1) is 15.7.